The largest absolute Gasteiger partial charge is 0.369 e. The van der Waals surface area contributed by atoms with Crippen LogP contribution in [0.2, 0.25) is 0 Å². The topological polar surface area (TPSA) is 67.4 Å². The maximum Gasteiger partial charge on any atom is 0.208 e. The van der Waals surface area contributed by atoms with E-state index in [4.69, 9.17) is 4.74 Å². The molecule has 5 fully saturated rings. The van der Waals surface area contributed by atoms with Gasteiger partial charge < -0.3 is 10.1 Å². The van der Waals surface area contributed by atoms with Gasteiger partial charge in [0.1, 0.15) is 0 Å². The molecule has 2 saturated heterocycles. The molecule has 6 aliphatic rings. The second kappa shape index (κ2) is 8.54. The van der Waals surface area contributed by atoms with E-state index in [1.807, 2.05) is 0 Å². The zero-order chi connectivity index (χ0) is 24.8. The summed E-state index contributed by atoms with van der Waals surface area (Å²) < 4.78 is 33.7. The summed E-state index contributed by atoms with van der Waals surface area (Å²) in [5, 5.41) is 3.85. The molecule has 11 atom stereocenters. The molecule has 0 radical (unpaired) electrons. The molecule has 0 amide bonds. The van der Waals surface area contributed by atoms with Gasteiger partial charge in [0.25, 0.3) is 0 Å². The van der Waals surface area contributed by atoms with Crippen molar-refractivity contribution < 1.29 is 13.2 Å². The molecule has 6 rings (SSSR count). The van der Waals surface area contributed by atoms with E-state index >= 15 is 0 Å². The number of hydrogen-bond donors (Lipinski definition) is 2. The van der Waals surface area contributed by atoms with Crippen LogP contribution in [0.25, 0.3) is 0 Å². The maximum absolute atomic E-state index is 11.9. The molecule has 35 heavy (non-hydrogen) atoms. The molecule has 4 aliphatic carbocycles. The molecule has 198 valence electrons. The number of piperidine rings is 1. The highest BCUT2D eigenvalue weighted by atomic mass is 32.2. The number of allylic oxidation sites excluding steroid dienone is 1. The van der Waals surface area contributed by atoms with Gasteiger partial charge >= 0.3 is 0 Å². The molecular weight excluding hydrogens is 456 g/mol. The first kappa shape index (κ1) is 24.9. The summed E-state index contributed by atoms with van der Waals surface area (Å²) in [6.07, 6.45) is 13.6. The van der Waals surface area contributed by atoms with Gasteiger partial charge in [-0.3, -0.25) is 0 Å². The molecule has 0 aromatic rings. The number of nitrogens with one attached hydrogen (secondary N) is 2. The highest BCUT2D eigenvalue weighted by molar-refractivity contribution is 7.88. The Labute approximate surface area is 213 Å². The maximum atomic E-state index is 11.9. The number of rotatable bonds is 2. The van der Waals surface area contributed by atoms with Crippen LogP contribution < -0.4 is 10.0 Å². The second-order valence-corrected chi connectivity index (χ2v) is 15.8. The van der Waals surface area contributed by atoms with Crippen LogP contribution in [0, 0.1) is 40.9 Å². The molecule has 3 saturated carbocycles. The number of hydrogen-bond acceptors (Lipinski definition) is 4. The van der Waals surface area contributed by atoms with Gasteiger partial charge in [-0.1, -0.05) is 31.9 Å². The zero-order valence-electron chi connectivity index (χ0n) is 22.6. The Kier molecular flexibility index (Phi) is 6.07. The van der Waals surface area contributed by atoms with E-state index in [1.54, 1.807) is 11.1 Å². The summed E-state index contributed by atoms with van der Waals surface area (Å²) in [4.78, 5) is 0. The monoisotopic (exact) mass is 504 g/mol. The van der Waals surface area contributed by atoms with Crippen molar-refractivity contribution in [2.45, 2.75) is 116 Å². The van der Waals surface area contributed by atoms with E-state index in [9.17, 15) is 8.42 Å². The van der Waals surface area contributed by atoms with Crippen LogP contribution in [0.15, 0.2) is 11.1 Å². The Morgan fingerprint density at radius 1 is 1.09 bits per heavy atom. The molecule has 2 N–H and O–H groups in total. The fraction of sp³-hybridized carbons (Fsp3) is 0.931. The average Bonchev–Trinajstić information content (AvgIpc) is 3.23. The van der Waals surface area contributed by atoms with Crippen molar-refractivity contribution in [1.82, 2.24) is 10.0 Å². The van der Waals surface area contributed by atoms with Gasteiger partial charge in [-0.15, -0.1) is 0 Å². The Balaban J connectivity index is 1.22. The SMILES string of the molecule is CC1=C2C[C@H]3[C@@H](CC[C@@H]4C[C@H](NS(C)(=O)=O)CCC43C)[C@@H]2CC[C@@]2(C1)OC1C[C@H](C)CN[C@H]1[C@H]2C. The van der Waals surface area contributed by atoms with Crippen molar-refractivity contribution in [1.29, 1.82) is 0 Å². The Bertz CT molecular complexity index is 994. The highest BCUT2D eigenvalue weighted by Crippen LogP contribution is 2.65. The van der Waals surface area contributed by atoms with Crippen molar-refractivity contribution in [2.75, 3.05) is 12.8 Å². The van der Waals surface area contributed by atoms with Crippen LogP contribution >= 0.6 is 0 Å². The number of sulfonamides is 1. The van der Waals surface area contributed by atoms with Crippen molar-refractivity contribution in [2.24, 2.45) is 40.9 Å². The Morgan fingerprint density at radius 3 is 2.66 bits per heavy atom. The van der Waals surface area contributed by atoms with E-state index in [0.29, 0.717) is 35.3 Å². The lowest BCUT2D eigenvalue weighted by molar-refractivity contribution is -0.0746. The average molecular weight is 505 g/mol. The van der Waals surface area contributed by atoms with Gasteiger partial charge in [0.2, 0.25) is 10.0 Å². The highest BCUT2D eigenvalue weighted by Gasteiger charge is 2.59. The summed E-state index contributed by atoms with van der Waals surface area (Å²) in [7, 11) is -3.13. The van der Waals surface area contributed by atoms with E-state index in [-0.39, 0.29) is 11.6 Å². The number of ether oxygens (including phenoxy) is 1. The third kappa shape index (κ3) is 4.08. The van der Waals surface area contributed by atoms with Crippen LogP contribution in [0.3, 0.4) is 0 Å². The van der Waals surface area contributed by atoms with Crippen molar-refractivity contribution in [3.8, 4) is 0 Å². The molecule has 0 aromatic carbocycles. The third-order valence-electron chi connectivity index (χ3n) is 12.0. The Hall–Kier alpha value is -0.430. The lowest BCUT2D eigenvalue weighted by atomic mass is 9.52. The van der Waals surface area contributed by atoms with Crippen molar-refractivity contribution in [3.63, 3.8) is 0 Å². The molecule has 5 nitrogen and oxygen atoms in total. The molecule has 6 heteroatoms. The molecular formula is C29H48N2O3S. The van der Waals surface area contributed by atoms with Crippen LogP contribution in [-0.4, -0.2) is 45.0 Å². The van der Waals surface area contributed by atoms with Gasteiger partial charge in [-0.25, -0.2) is 13.1 Å². The first-order valence-corrected chi connectivity index (χ1v) is 16.5. The quantitative estimate of drug-likeness (QED) is 0.518. The van der Waals surface area contributed by atoms with Gasteiger partial charge in [0, 0.05) is 18.0 Å². The first-order chi connectivity index (χ1) is 16.5. The van der Waals surface area contributed by atoms with Gasteiger partial charge in [-0.05, 0) is 113 Å². The molecule has 2 heterocycles. The summed E-state index contributed by atoms with van der Waals surface area (Å²) in [6.45, 7) is 11.0. The van der Waals surface area contributed by atoms with Crippen LogP contribution in [-0.2, 0) is 14.8 Å². The van der Waals surface area contributed by atoms with E-state index in [1.165, 1.54) is 51.2 Å². The predicted octanol–water partition coefficient (Wildman–Crippen LogP) is 5.03. The van der Waals surface area contributed by atoms with Crippen LogP contribution in [0.1, 0.15) is 91.9 Å². The Morgan fingerprint density at radius 2 is 1.89 bits per heavy atom. The lowest BCUT2D eigenvalue weighted by Crippen LogP contribution is -2.50. The molecule has 1 spiro atoms. The summed E-state index contributed by atoms with van der Waals surface area (Å²) >= 11 is 0. The van der Waals surface area contributed by atoms with Crippen LogP contribution in [0.5, 0.6) is 0 Å². The molecule has 2 unspecified atom stereocenters. The van der Waals surface area contributed by atoms with E-state index in [0.717, 1.165) is 43.6 Å². The van der Waals surface area contributed by atoms with E-state index in [2.05, 4.69) is 37.7 Å². The normalized spacial score (nSPS) is 52.0. The minimum Gasteiger partial charge on any atom is -0.369 e. The third-order valence-corrected chi connectivity index (χ3v) is 12.8. The summed E-state index contributed by atoms with van der Waals surface area (Å²) in [6, 6.07) is 0.660. The van der Waals surface area contributed by atoms with E-state index < -0.39 is 10.0 Å². The fourth-order valence-corrected chi connectivity index (χ4v) is 11.1. The zero-order valence-corrected chi connectivity index (χ0v) is 23.4. The van der Waals surface area contributed by atoms with Crippen molar-refractivity contribution >= 4 is 10.0 Å². The second-order valence-electron chi connectivity index (χ2n) is 14.0. The van der Waals surface area contributed by atoms with Crippen molar-refractivity contribution in [3.05, 3.63) is 11.1 Å². The summed E-state index contributed by atoms with van der Waals surface area (Å²) in [5.74, 6) is 4.28. The lowest BCUT2D eigenvalue weighted by Gasteiger charge is -2.54. The smallest absolute Gasteiger partial charge is 0.208 e. The van der Waals surface area contributed by atoms with Gasteiger partial charge in [0.15, 0.2) is 0 Å². The fourth-order valence-electron chi connectivity index (χ4n) is 10.2. The summed E-state index contributed by atoms with van der Waals surface area (Å²) in [5.41, 5.74) is 3.83. The minimum atomic E-state index is -3.13. The van der Waals surface area contributed by atoms with Crippen LogP contribution in [0.4, 0.5) is 0 Å². The molecule has 0 bridgehead atoms. The number of fused-ring (bicyclic) bond motifs is 6. The molecule has 0 aromatic heterocycles. The minimum absolute atomic E-state index is 0.0276. The van der Waals surface area contributed by atoms with Gasteiger partial charge in [0.05, 0.1) is 18.0 Å². The predicted molar refractivity (Wildman–Crippen MR) is 140 cm³/mol. The molecule has 2 aliphatic heterocycles. The first-order valence-electron chi connectivity index (χ1n) is 14.6. The standard InChI is InChI=1S/C29H48N2O3S/c1-17-12-26-27(30-16-17)19(3)29(34-26)11-9-22-23-7-6-20-13-21(31-35(5,32)33)8-10-28(20,4)25(23)14-24(22)18(2)15-29/h17,19-23,25-27,30-31H,6-16H2,1-5H3/t17-,19+,20+,21+,22-,23-,25-,26?,27-,28?,29-/m0/s1. The van der Waals surface area contributed by atoms with Gasteiger partial charge in [-0.2, -0.15) is 0 Å².